The maximum absolute atomic E-state index is 10.7. The van der Waals surface area contributed by atoms with Gasteiger partial charge in [-0.2, -0.15) is 8.42 Å². The Bertz CT molecular complexity index is 349. The van der Waals surface area contributed by atoms with Crippen LogP contribution in [0.5, 0.6) is 0 Å². The van der Waals surface area contributed by atoms with E-state index in [-0.39, 0.29) is 36.1 Å². The van der Waals surface area contributed by atoms with Crippen LogP contribution in [0.4, 0.5) is 0 Å². The molecular weight excluding hydrogens is 237 g/mol. The summed E-state index contributed by atoms with van der Waals surface area (Å²) in [4.78, 5) is 20.6. The van der Waals surface area contributed by atoms with E-state index in [0.717, 1.165) is 6.08 Å². The summed E-state index contributed by atoms with van der Waals surface area (Å²) < 4.78 is 28.6. The van der Waals surface area contributed by atoms with E-state index in [1.807, 2.05) is 0 Å². The molecule has 0 fully saturated rings. The summed E-state index contributed by atoms with van der Waals surface area (Å²) in [5.41, 5.74) is 0. The fourth-order valence-corrected chi connectivity index (χ4v) is 0.869. The molecule has 1 radical (unpaired) electrons. The van der Waals surface area contributed by atoms with Crippen LogP contribution in [0.15, 0.2) is 12.2 Å². The van der Waals surface area contributed by atoms with E-state index in [9.17, 15) is 18.0 Å². The number of hydrogen-bond donors (Lipinski definition) is 3. The second-order valence-corrected chi connectivity index (χ2v) is 3.82. The molecule has 0 aromatic heterocycles. The van der Waals surface area contributed by atoms with Crippen LogP contribution < -0.4 is 5.32 Å². The van der Waals surface area contributed by atoms with Gasteiger partial charge in [-0.25, -0.2) is 4.79 Å². The average molecular weight is 246 g/mol. The molecule has 9 heteroatoms. The summed E-state index contributed by atoms with van der Waals surface area (Å²) in [7, 11) is -4.11. The Labute approximate surface area is 109 Å². The molecule has 0 unspecified atom stereocenters. The monoisotopic (exact) mass is 246 g/mol. The van der Waals surface area contributed by atoms with Crippen molar-refractivity contribution in [2.24, 2.45) is 0 Å². The van der Waals surface area contributed by atoms with Crippen molar-refractivity contribution < 1.29 is 27.7 Å². The molecule has 0 aliphatic carbocycles. The molecule has 3 N–H and O–H groups in total. The predicted molar refractivity (Wildman–Crippen MR) is 52.0 cm³/mol. The first kappa shape index (κ1) is 17.0. The van der Waals surface area contributed by atoms with Gasteiger partial charge >= 0.3 is 5.97 Å². The van der Waals surface area contributed by atoms with E-state index >= 15 is 0 Å². The van der Waals surface area contributed by atoms with Crippen molar-refractivity contribution in [1.82, 2.24) is 5.32 Å². The van der Waals surface area contributed by atoms with Gasteiger partial charge < -0.3 is 10.4 Å². The SMILES string of the molecule is O=C(O)/C=C\C(=O)NCCS(=O)(=O)O.[Na]. The summed E-state index contributed by atoms with van der Waals surface area (Å²) in [6, 6.07) is 0. The maximum atomic E-state index is 10.7. The van der Waals surface area contributed by atoms with Crippen LogP contribution in [-0.4, -0.2) is 71.8 Å². The van der Waals surface area contributed by atoms with Crippen LogP contribution in [0.3, 0.4) is 0 Å². The number of carbonyl (C=O) groups is 2. The molecule has 81 valence electrons. The normalized spacial score (nSPS) is 10.7. The second kappa shape index (κ2) is 7.83. The number of nitrogens with one attached hydrogen (secondary N) is 1. The molecule has 7 nitrogen and oxygen atoms in total. The standard InChI is InChI=1S/C6H9NO6S.Na/c8-5(1-2-6(9)10)7-3-4-14(11,12)13;/h1-2H,3-4H2,(H,7,8)(H,9,10)(H,11,12,13);/b2-1-;. The molecule has 0 aliphatic rings. The van der Waals surface area contributed by atoms with Crippen LogP contribution in [0, 0.1) is 0 Å². The van der Waals surface area contributed by atoms with Gasteiger partial charge in [-0.05, 0) is 0 Å². The van der Waals surface area contributed by atoms with Gasteiger partial charge in [-0.1, -0.05) is 0 Å². The number of hydrogen-bond acceptors (Lipinski definition) is 4. The Balaban J connectivity index is 0. The Hall–Kier alpha value is -0.410. The zero-order chi connectivity index (χ0) is 11.2. The summed E-state index contributed by atoms with van der Waals surface area (Å²) in [6.07, 6.45) is 1.36. The molecular formula is C6H9NNaO6S. The molecule has 0 aromatic carbocycles. The first-order chi connectivity index (χ1) is 6.31. The van der Waals surface area contributed by atoms with Crippen molar-refractivity contribution in [1.29, 1.82) is 0 Å². The number of carbonyl (C=O) groups excluding carboxylic acids is 1. The van der Waals surface area contributed by atoms with Gasteiger partial charge in [0.25, 0.3) is 10.1 Å². The van der Waals surface area contributed by atoms with E-state index < -0.39 is 27.7 Å². The smallest absolute Gasteiger partial charge is 0.328 e. The molecule has 0 heterocycles. The number of rotatable bonds is 5. The first-order valence-electron chi connectivity index (χ1n) is 3.45. The van der Waals surface area contributed by atoms with Gasteiger partial charge in [0, 0.05) is 48.3 Å². The van der Waals surface area contributed by atoms with E-state index in [1.165, 1.54) is 0 Å². The van der Waals surface area contributed by atoms with Gasteiger partial charge in [0.05, 0.1) is 5.75 Å². The third kappa shape index (κ3) is 13.6. The van der Waals surface area contributed by atoms with E-state index in [4.69, 9.17) is 9.66 Å². The van der Waals surface area contributed by atoms with Crippen molar-refractivity contribution in [3.05, 3.63) is 12.2 Å². The van der Waals surface area contributed by atoms with Crippen molar-refractivity contribution in [3.63, 3.8) is 0 Å². The third-order valence-electron chi connectivity index (χ3n) is 1.04. The number of aliphatic carboxylic acids is 1. The van der Waals surface area contributed by atoms with Crippen molar-refractivity contribution in [2.75, 3.05) is 12.3 Å². The van der Waals surface area contributed by atoms with Gasteiger partial charge in [0.15, 0.2) is 0 Å². The van der Waals surface area contributed by atoms with Crippen LogP contribution in [0.1, 0.15) is 0 Å². The molecule has 1 amide bonds. The largest absolute Gasteiger partial charge is 0.478 e. The zero-order valence-corrected chi connectivity index (χ0v) is 10.8. The Kier molecular flexibility index (Phi) is 8.87. The Morgan fingerprint density at radius 2 is 1.80 bits per heavy atom. The quantitative estimate of drug-likeness (QED) is 0.300. The third-order valence-corrected chi connectivity index (χ3v) is 1.76. The van der Waals surface area contributed by atoms with Crippen LogP contribution in [-0.2, 0) is 19.7 Å². The minimum Gasteiger partial charge on any atom is -0.478 e. The van der Waals surface area contributed by atoms with Gasteiger partial charge in [0.2, 0.25) is 5.91 Å². The Morgan fingerprint density at radius 3 is 2.20 bits per heavy atom. The molecule has 0 bridgehead atoms. The molecule has 0 spiro atoms. The molecule has 15 heavy (non-hydrogen) atoms. The molecule has 0 aromatic rings. The van der Waals surface area contributed by atoms with Crippen molar-refractivity contribution in [3.8, 4) is 0 Å². The number of carboxylic acids is 1. The van der Waals surface area contributed by atoms with Crippen LogP contribution in [0.25, 0.3) is 0 Å². The van der Waals surface area contributed by atoms with Gasteiger partial charge in [-0.3, -0.25) is 9.35 Å². The predicted octanol–water partition coefficient (Wildman–Crippen LogP) is -1.75. The van der Waals surface area contributed by atoms with E-state index in [1.54, 1.807) is 0 Å². The molecule has 0 saturated heterocycles. The van der Waals surface area contributed by atoms with Crippen molar-refractivity contribution >= 4 is 51.6 Å². The fraction of sp³-hybridized carbons (Fsp3) is 0.333. The van der Waals surface area contributed by atoms with Gasteiger partial charge in [0.1, 0.15) is 0 Å². The average Bonchev–Trinajstić information content (AvgIpc) is 1.98. The van der Waals surface area contributed by atoms with E-state index in [0.29, 0.717) is 6.08 Å². The number of carboxylic acid groups (broad SMARTS) is 1. The number of amides is 1. The minimum atomic E-state index is -4.11. The summed E-state index contributed by atoms with van der Waals surface area (Å²) >= 11 is 0. The fourth-order valence-electron chi connectivity index (χ4n) is 0.509. The molecule has 0 aliphatic heterocycles. The van der Waals surface area contributed by atoms with Crippen LogP contribution in [0.2, 0.25) is 0 Å². The maximum Gasteiger partial charge on any atom is 0.328 e. The molecule has 0 rings (SSSR count). The summed E-state index contributed by atoms with van der Waals surface area (Å²) in [5, 5.41) is 10.2. The topological polar surface area (TPSA) is 121 Å². The van der Waals surface area contributed by atoms with Gasteiger partial charge in [-0.15, -0.1) is 0 Å². The van der Waals surface area contributed by atoms with Crippen molar-refractivity contribution in [2.45, 2.75) is 0 Å². The summed E-state index contributed by atoms with van der Waals surface area (Å²) in [6.45, 7) is -0.276. The second-order valence-electron chi connectivity index (χ2n) is 2.25. The molecule has 0 atom stereocenters. The Morgan fingerprint density at radius 1 is 1.27 bits per heavy atom. The minimum absolute atomic E-state index is 0. The first-order valence-corrected chi connectivity index (χ1v) is 5.06. The summed E-state index contributed by atoms with van der Waals surface area (Å²) in [5.74, 6) is -2.63. The van der Waals surface area contributed by atoms with E-state index in [2.05, 4.69) is 5.32 Å². The van der Waals surface area contributed by atoms with Crippen LogP contribution >= 0.6 is 0 Å². The molecule has 0 saturated carbocycles. The zero-order valence-electron chi connectivity index (χ0n) is 8.00.